The summed E-state index contributed by atoms with van der Waals surface area (Å²) in [4.78, 5) is 5.27. The smallest absolute Gasteiger partial charge is 0.0115 e. The van der Waals surface area contributed by atoms with Crippen LogP contribution >= 0.6 is 0 Å². The number of nitrogens with zero attached hydrogens (tertiary/aromatic N) is 2. The van der Waals surface area contributed by atoms with E-state index in [1.165, 1.54) is 52.1 Å². The van der Waals surface area contributed by atoms with E-state index in [-0.39, 0.29) is 0 Å². The Balaban J connectivity index is 1.71. The van der Waals surface area contributed by atoms with Gasteiger partial charge in [0.1, 0.15) is 0 Å². The van der Waals surface area contributed by atoms with Gasteiger partial charge in [-0.2, -0.15) is 0 Å². The minimum Gasteiger partial charge on any atom is -0.314 e. The molecule has 0 spiro atoms. The Bertz CT molecular complexity index is 179. The molecule has 2 aliphatic heterocycles. The molecule has 0 aromatic carbocycles. The molecular weight excluding hydrogens is 186 g/mol. The van der Waals surface area contributed by atoms with Gasteiger partial charge >= 0.3 is 0 Å². The SMILES string of the molecule is C[C@@H]1CC[C@H](C)N1CCN1CCNCC1. The molecule has 2 fully saturated rings. The molecule has 1 N–H and O–H groups in total. The van der Waals surface area contributed by atoms with E-state index in [2.05, 4.69) is 29.0 Å². The zero-order valence-electron chi connectivity index (χ0n) is 10.2. The lowest BCUT2D eigenvalue weighted by Crippen LogP contribution is -2.47. The van der Waals surface area contributed by atoms with Crippen LogP contribution in [0.2, 0.25) is 0 Å². The Morgan fingerprint density at radius 2 is 1.60 bits per heavy atom. The Hall–Kier alpha value is -0.120. The van der Waals surface area contributed by atoms with Crippen LogP contribution < -0.4 is 5.32 Å². The first-order chi connectivity index (χ1) is 7.27. The maximum atomic E-state index is 3.40. The van der Waals surface area contributed by atoms with Gasteiger partial charge in [0.2, 0.25) is 0 Å². The predicted octanol–water partition coefficient (Wildman–Crippen LogP) is 0.764. The predicted molar refractivity (Wildman–Crippen MR) is 64.2 cm³/mol. The van der Waals surface area contributed by atoms with Crippen LogP contribution in [0.1, 0.15) is 26.7 Å². The van der Waals surface area contributed by atoms with Crippen LogP contribution in [-0.4, -0.2) is 61.2 Å². The summed E-state index contributed by atoms with van der Waals surface area (Å²) in [7, 11) is 0. The molecule has 2 atom stereocenters. The average Bonchev–Trinajstić information content (AvgIpc) is 2.58. The van der Waals surface area contributed by atoms with Crippen LogP contribution in [0, 0.1) is 0 Å². The molecule has 0 saturated carbocycles. The lowest BCUT2D eigenvalue weighted by molar-refractivity contribution is 0.160. The summed E-state index contributed by atoms with van der Waals surface area (Å²) in [5.41, 5.74) is 0. The summed E-state index contributed by atoms with van der Waals surface area (Å²) in [5.74, 6) is 0. The molecule has 0 radical (unpaired) electrons. The fourth-order valence-electron chi connectivity index (χ4n) is 2.88. The number of nitrogens with one attached hydrogen (secondary N) is 1. The summed E-state index contributed by atoms with van der Waals surface area (Å²) in [6, 6.07) is 1.62. The maximum absolute atomic E-state index is 3.40. The van der Waals surface area contributed by atoms with E-state index >= 15 is 0 Å². The fourth-order valence-corrected chi connectivity index (χ4v) is 2.88. The minimum absolute atomic E-state index is 0.808. The van der Waals surface area contributed by atoms with E-state index in [1.807, 2.05) is 0 Å². The summed E-state index contributed by atoms with van der Waals surface area (Å²) >= 11 is 0. The molecule has 3 heteroatoms. The van der Waals surface area contributed by atoms with Gasteiger partial charge in [-0.1, -0.05) is 0 Å². The highest BCUT2D eigenvalue weighted by Crippen LogP contribution is 2.22. The number of piperazine rings is 1. The quantitative estimate of drug-likeness (QED) is 0.744. The maximum Gasteiger partial charge on any atom is 0.0115 e. The number of hydrogen-bond acceptors (Lipinski definition) is 3. The molecule has 2 saturated heterocycles. The fraction of sp³-hybridized carbons (Fsp3) is 1.00. The van der Waals surface area contributed by atoms with E-state index in [0.717, 1.165) is 12.1 Å². The van der Waals surface area contributed by atoms with Crippen LogP contribution in [0.15, 0.2) is 0 Å². The van der Waals surface area contributed by atoms with Crippen molar-refractivity contribution in [2.45, 2.75) is 38.8 Å². The third kappa shape index (κ3) is 2.92. The van der Waals surface area contributed by atoms with Crippen molar-refractivity contribution in [2.75, 3.05) is 39.3 Å². The van der Waals surface area contributed by atoms with Gasteiger partial charge in [-0.25, -0.2) is 0 Å². The lowest BCUT2D eigenvalue weighted by atomic mass is 10.2. The minimum atomic E-state index is 0.808. The van der Waals surface area contributed by atoms with Gasteiger partial charge in [-0.3, -0.25) is 9.80 Å². The molecule has 2 heterocycles. The van der Waals surface area contributed by atoms with Gasteiger partial charge in [0, 0.05) is 51.4 Å². The topological polar surface area (TPSA) is 18.5 Å². The van der Waals surface area contributed by atoms with Gasteiger partial charge in [0.15, 0.2) is 0 Å². The van der Waals surface area contributed by atoms with E-state index in [4.69, 9.17) is 0 Å². The molecule has 15 heavy (non-hydrogen) atoms. The van der Waals surface area contributed by atoms with Crippen molar-refractivity contribution < 1.29 is 0 Å². The molecule has 3 nitrogen and oxygen atoms in total. The van der Waals surface area contributed by atoms with Crippen LogP contribution in [0.3, 0.4) is 0 Å². The average molecular weight is 211 g/mol. The second kappa shape index (κ2) is 5.28. The van der Waals surface area contributed by atoms with Crippen LogP contribution in [-0.2, 0) is 0 Å². The molecule has 88 valence electrons. The molecule has 0 aliphatic carbocycles. The first kappa shape index (κ1) is 11.4. The number of hydrogen-bond donors (Lipinski definition) is 1. The number of likely N-dealkylation sites (tertiary alicyclic amines) is 1. The van der Waals surface area contributed by atoms with E-state index in [0.29, 0.717) is 0 Å². The van der Waals surface area contributed by atoms with Crippen molar-refractivity contribution in [3.05, 3.63) is 0 Å². The molecular formula is C12H25N3. The molecule has 0 amide bonds. The Morgan fingerprint density at radius 1 is 1.00 bits per heavy atom. The zero-order chi connectivity index (χ0) is 10.7. The zero-order valence-corrected chi connectivity index (χ0v) is 10.2. The van der Waals surface area contributed by atoms with Crippen LogP contribution in [0.25, 0.3) is 0 Å². The molecule has 0 aromatic heterocycles. The first-order valence-electron chi connectivity index (χ1n) is 6.46. The van der Waals surface area contributed by atoms with Crippen molar-refractivity contribution >= 4 is 0 Å². The van der Waals surface area contributed by atoms with Crippen molar-refractivity contribution in [1.82, 2.24) is 15.1 Å². The van der Waals surface area contributed by atoms with E-state index in [9.17, 15) is 0 Å². The Labute approximate surface area is 93.8 Å². The van der Waals surface area contributed by atoms with Gasteiger partial charge in [0.25, 0.3) is 0 Å². The van der Waals surface area contributed by atoms with Crippen molar-refractivity contribution in [3.8, 4) is 0 Å². The summed E-state index contributed by atoms with van der Waals surface area (Å²) in [5, 5.41) is 3.40. The third-order valence-corrected chi connectivity index (χ3v) is 4.02. The van der Waals surface area contributed by atoms with Crippen molar-refractivity contribution in [1.29, 1.82) is 0 Å². The molecule has 2 aliphatic rings. The first-order valence-corrected chi connectivity index (χ1v) is 6.46. The van der Waals surface area contributed by atoms with Gasteiger partial charge in [-0.15, -0.1) is 0 Å². The van der Waals surface area contributed by atoms with E-state index in [1.54, 1.807) is 0 Å². The Morgan fingerprint density at radius 3 is 2.20 bits per heavy atom. The van der Waals surface area contributed by atoms with Crippen LogP contribution in [0.4, 0.5) is 0 Å². The summed E-state index contributed by atoms with van der Waals surface area (Å²) in [6.07, 6.45) is 2.78. The molecule has 0 aromatic rings. The lowest BCUT2D eigenvalue weighted by Gasteiger charge is -2.32. The van der Waals surface area contributed by atoms with Crippen LogP contribution in [0.5, 0.6) is 0 Å². The number of rotatable bonds is 3. The highest BCUT2D eigenvalue weighted by atomic mass is 15.3. The summed E-state index contributed by atoms with van der Waals surface area (Å²) < 4.78 is 0. The molecule has 0 bridgehead atoms. The van der Waals surface area contributed by atoms with E-state index < -0.39 is 0 Å². The normalized spacial score (nSPS) is 34.8. The monoisotopic (exact) mass is 211 g/mol. The third-order valence-electron chi connectivity index (χ3n) is 4.02. The largest absolute Gasteiger partial charge is 0.314 e. The second-order valence-electron chi connectivity index (χ2n) is 5.10. The van der Waals surface area contributed by atoms with Gasteiger partial charge in [-0.05, 0) is 26.7 Å². The second-order valence-corrected chi connectivity index (χ2v) is 5.10. The highest BCUT2D eigenvalue weighted by molar-refractivity contribution is 4.83. The molecule has 0 unspecified atom stereocenters. The highest BCUT2D eigenvalue weighted by Gasteiger charge is 2.27. The van der Waals surface area contributed by atoms with Crippen molar-refractivity contribution in [2.24, 2.45) is 0 Å². The summed E-state index contributed by atoms with van der Waals surface area (Å²) in [6.45, 7) is 12.1. The molecule has 2 rings (SSSR count). The Kier molecular flexibility index (Phi) is 4.00. The standard InChI is InChI=1S/C12H25N3/c1-11-3-4-12(2)15(11)10-9-14-7-5-13-6-8-14/h11-13H,3-10H2,1-2H3/t11-,12+. The van der Waals surface area contributed by atoms with Gasteiger partial charge in [0.05, 0.1) is 0 Å². The van der Waals surface area contributed by atoms with Gasteiger partial charge < -0.3 is 5.32 Å². The van der Waals surface area contributed by atoms with Crippen molar-refractivity contribution in [3.63, 3.8) is 0 Å².